The van der Waals surface area contributed by atoms with Crippen LogP contribution >= 0.6 is 0 Å². The summed E-state index contributed by atoms with van der Waals surface area (Å²) in [5, 5.41) is 2.77. The van der Waals surface area contributed by atoms with Crippen LogP contribution in [0.15, 0.2) is 53.4 Å². The van der Waals surface area contributed by atoms with Gasteiger partial charge in [-0.2, -0.15) is 4.31 Å². The molecule has 0 radical (unpaired) electrons. The molecule has 0 spiro atoms. The van der Waals surface area contributed by atoms with Gasteiger partial charge in [0.2, 0.25) is 15.9 Å². The summed E-state index contributed by atoms with van der Waals surface area (Å²) in [7, 11) is -3.46. The van der Waals surface area contributed by atoms with Crippen molar-refractivity contribution in [2.75, 3.05) is 36.4 Å². The number of amides is 1. The molecule has 1 amide bonds. The summed E-state index contributed by atoms with van der Waals surface area (Å²) in [6.45, 7) is 5.44. The Hall–Kier alpha value is -2.38. The van der Waals surface area contributed by atoms with Crippen molar-refractivity contribution in [1.82, 2.24) is 4.31 Å². The van der Waals surface area contributed by atoms with Crippen molar-refractivity contribution in [3.05, 3.63) is 54.1 Å². The Labute approximate surface area is 154 Å². The molecular weight excluding hydrogens is 350 g/mol. The fourth-order valence-electron chi connectivity index (χ4n) is 3.10. The van der Waals surface area contributed by atoms with Crippen LogP contribution in [0.4, 0.5) is 11.4 Å². The largest absolute Gasteiger partial charge is 0.369 e. The lowest BCUT2D eigenvalue weighted by Crippen LogP contribution is -2.48. The molecule has 0 aliphatic carbocycles. The van der Waals surface area contributed by atoms with Crippen LogP contribution in [0.5, 0.6) is 0 Å². The van der Waals surface area contributed by atoms with Gasteiger partial charge in [0.25, 0.3) is 0 Å². The molecule has 0 saturated carbocycles. The predicted octanol–water partition coefficient (Wildman–Crippen LogP) is 2.46. The molecule has 1 N–H and O–H groups in total. The van der Waals surface area contributed by atoms with Crippen LogP contribution in [0.1, 0.15) is 12.5 Å². The number of rotatable bonds is 4. The minimum absolute atomic E-state index is 0.115. The number of nitrogens with zero attached hydrogens (tertiary/aromatic N) is 2. The number of hydrogen-bond donors (Lipinski definition) is 1. The molecule has 7 heteroatoms. The molecule has 6 nitrogen and oxygen atoms in total. The first-order chi connectivity index (χ1) is 12.4. The van der Waals surface area contributed by atoms with Gasteiger partial charge in [-0.3, -0.25) is 4.79 Å². The van der Waals surface area contributed by atoms with Crippen LogP contribution in [0.2, 0.25) is 0 Å². The number of hydrogen-bond acceptors (Lipinski definition) is 4. The van der Waals surface area contributed by atoms with Crippen LogP contribution in [0, 0.1) is 6.92 Å². The van der Waals surface area contributed by atoms with Crippen LogP contribution in [-0.2, 0) is 14.8 Å². The summed E-state index contributed by atoms with van der Waals surface area (Å²) < 4.78 is 27.2. The molecule has 0 atom stereocenters. The molecule has 2 aromatic rings. The van der Waals surface area contributed by atoms with E-state index in [1.807, 2.05) is 37.3 Å². The maximum Gasteiger partial charge on any atom is 0.243 e. The molecule has 1 saturated heterocycles. The molecule has 2 aromatic carbocycles. The average Bonchev–Trinajstić information content (AvgIpc) is 2.61. The van der Waals surface area contributed by atoms with E-state index < -0.39 is 10.0 Å². The van der Waals surface area contributed by atoms with Crippen molar-refractivity contribution in [1.29, 1.82) is 0 Å². The van der Waals surface area contributed by atoms with Gasteiger partial charge in [-0.05, 0) is 42.8 Å². The van der Waals surface area contributed by atoms with Gasteiger partial charge in [0.05, 0.1) is 4.90 Å². The van der Waals surface area contributed by atoms with Gasteiger partial charge in [-0.25, -0.2) is 8.42 Å². The van der Waals surface area contributed by atoms with Crippen LogP contribution in [0.25, 0.3) is 0 Å². The van der Waals surface area contributed by atoms with E-state index in [9.17, 15) is 13.2 Å². The molecule has 1 aliphatic rings. The Morgan fingerprint density at radius 1 is 1.00 bits per heavy atom. The van der Waals surface area contributed by atoms with Gasteiger partial charge in [0, 0.05) is 44.5 Å². The van der Waals surface area contributed by atoms with Gasteiger partial charge in [0.1, 0.15) is 0 Å². The van der Waals surface area contributed by atoms with Crippen molar-refractivity contribution >= 4 is 27.3 Å². The fourth-order valence-corrected chi connectivity index (χ4v) is 4.62. The molecule has 3 rings (SSSR count). The van der Waals surface area contributed by atoms with Crippen LogP contribution in [0.3, 0.4) is 0 Å². The zero-order valence-electron chi connectivity index (χ0n) is 15.0. The van der Waals surface area contributed by atoms with Crippen LogP contribution in [-0.4, -0.2) is 44.8 Å². The number of aryl methyl sites for hydroxylation is 1. The highest BCUT2D eigenvalue weighted by molar-refractivity contribution is 7.89. The van der Waals surface area contributed by atoms with Gasteiger partial charge in [-0.1, -0.05) is 18.2 Å². The number of anilines is 2. The second kappa shape index (κ2) is 7.47. The van der Waals surface area contributed by atoms with Crippen molar-refractivity contribution in [2.45, 2.75) is 18.7 Å². The summed E-state index contributed by atoms with van der Waals surface area (Å²) >= 11 is 0. The average molecular weight is 373 g/mol. The van der Waals surface area contributed by atoms with Gasteiger partial charge < -0.3 is 10.2 Å². The predicted molar refractivity (Wildman–Crippen MR) is 103 cm³/mol. The molecule has 0 bridgehead atoms. The third kappa shape index (κ3) is 4.05. The lowest BCUT2D eigenvalue weighted by atomic mass is 10.2. The Bertz CT molecular complexity index is 904. The van der Waals surface area contributed by atoms with Gasteiger partial charge in [-0.15, -0.1) is 0 Å². The summed E-state index contributed by atoms with van der Waals surface area (Å²) in [5.74, 6) is -0.115. The first-order valence-electron chi connectivity index (χ1n) is 8.56. The molecular formula is C19H23N3O3S. The maximum atomic E-state index is 12.8. The number of benzene rings is 2. The molecule has 1 fully saturated rings. The first-order valence-corrected chi connectivity index (χ1v) is 10.00. The SMILES string of the molecule is CC(=O)Nc1cccc(N2CCN(S(=O)(=O)c3cccc(C)c3)CC2)c1. The molecule has 0 aromatic heterocycles. The Kier molecular flexibility index (Phi) is 5.29. The molecule has 26 heavy (non-hydrogen) atoms. The van der Waals surface area contributed by atoms with Crippen molar-refractivity contribution in [3.63, 3.8) is 0 Å². The zero-order chi connectivity index (χ0) is 18.7. The number of nitrogens with one attached hydrogen (secondary N) is 1. The zero-order valence-corrected chi connectivity index (χ0v) is 15.8. The van der Waals surface area contributed by atoms with E-state index in [1.54, 1.807) is 18.2 Å². The maximum absolute atomic E-state index is 12.8. The smallest absolute Gasteiger partial charge is 0.243 e. The van der Waals surface area contributed by atoms with Crippen molar-refractivity contribution in [2.24, 2.45) is 0 Å². The fraction of sp³-hybridized carbons (Fsp3) is 0.316. The minimum atomic E-state index is -3.46. The van der Waals surface area contributed by atoms with Crippen LogP contribution < -0.4 is 10.2 Å². The molecule has 138 valence electrons. The van der Waals surface area contributed by atoms with Crippen molar-refractivity contribution < 1.29 is 13.2 Å². The highest BCUT2D eigenvalue weighted by Crippen LogP contribution is 2.23. The Morgan fingerprint density at radius 2 is 1.69 bits per heavy atom. The van der Waals surface area contributed by atoms with Gasteiger partial charge >= 0.3 is 0 Å². The third-order valence-electron chi connectivity index (χ3n) is 4.40. The molecule has 0 unspecified atom stereocenters. The highest BCUT2D eigenvalue weighted by Gasteiger charge is 2.28. The monoisotopic (exact) mass is 373 g/mol. The lowest BCUT2D eigenvalue weighted by molar-refractivity contribution is -0.114. The molecule has 1 heterocycles. The lowest BCUT2D eigenvalue weighted by Gasteiger charge is -2.35. The number of carbonyl (C=O) groups excluding carboxylic acids is 1. The topological polar surface area (TPSA) is 69.7 Å². The van der Waals surface area contributed by atoms with Crippen molar-refractivity contribution in [3.8, 4) is 0 Å². The number of piperazine rings is 1. The summed E-state index contributed by atoms with van der Waals surface area (Å²) in [5.41, 5.74) is 2.65. The summed E-state index contributed by atoms with van der Waals surface area (Å²) in [4.78, 5) is 13.7. The van der Waals surface area contributed by atoms with Gasteiger partial charge in [0.15, 0.2) is 0 Å². The van der Waals surface area contributed by atoms with E-state index >= 15 is 0 Å². The van der Waals surface area contributed by atoms with E-state index in [1.165, 1.54) is 11.2 Å². The molecule has 1 aliphatic heterocycles. The quantitative estimate of drug-likeness (QED) is 0.894. The third-order valence-corrected chi connectivity index (χ3v) is 6.29. The highest BCUT2D eigenvalue weighted by atomic mass is 32.2. The first kappa shape index (κ1) is 18.4. The van der Waals surface area contributed by atoms with E-state index in [0.717, 1.165) is 16.9 Å². The summed E-state index contributed by atoms with van der Waals surface area (Å²) in [6, 6.07) is 14.6. The normalized spacial score (nSPS) is 15.7. The van der Waals surface area contributed by atoms with E-state index in [-0.39, 0.29) is 5.91 Å². The standard InChI is InChI=1S/C19H23N3O3S/c1-15-5-3-8-19(13-15)26(24,25)22-11-9-21(10-12-22)18-7-4-6-17(14-18)20-16(2)23/h3-8,13-14H,9-12H2,1-2H3,(H,20,23). The second-order valence-corrected chi connectivity index (χ2v) is 8.38. The number of carbonyl (C=O) groups is 1. The minimum Gasteiger partial charge on any atom is -0.369 e. The van der Waals surface area contributed by atoms with E-state index in [0.29, 0.717) is 31.1 Å². The summed E-state index contributed by atoms with van der Waals surface area (Å²) in [6.07, 6.45) is 0. The number of sulfonamides is 1. The van der Waals surface area contributed by atoms with E-state index in [2.05, 4.69) is 10.2 Å². The van der Waals surface area contributed by atoms with E-state index in [4.69, 9.17) is 0 Å². The second-order valence-electron chi connectivity index (χ2n) is 6.44. The Balaban J connectivity index is 1.70. The Morgan fingerprint density at radius 3 is 2.35 bits per heavy atom.